The number of nitrogens with zero attached hydrogens (tertiary/aromatic N) is 1. The molecule has 3 nitrogen and oxygen atoms in total. The predicted octanol–water partition coefficient (Wildman–Crippen LogP) is 2.31. The van der Waals surface area contributed by atoms with Gasteiger partial charge in [-0.1, -0.05) is 0 Å². The molecule has 1 aliphatic heterocycles. The van der Waals surface area contributed by atoms with Gasteiger partial charge in [0.2, 0.25) is 0 Å². The number of hydrogen-bond donors (Lipinski definition) is 1. The van der Waals surface area contributed by atoms with E-state index in [2.05, 4.69) is 23.3 Å². The molecule has 0 radical (unpaired) electrons. The molecule has 3 heteroatoms. The molecular weight excluding hydrogens is 188 g/mol. The summed E-state index contributed by atoms with van der Waals surface area (Å²) in [4.78, 5) is 4.10. The molecule has 2 rings (SSSR count). The number of ether oxygens (including phenoxy) is 1. The van der Waals surface area contributed by atoms with Crippen LogP contribution in [0.25, 0.3) is 0 Å². The number of nitrogens with one attached hydrogen (secondary N) is 1. The van der Waals surface area contributed by atoms with Crippen LogP contribution in [-0.2, 0) is 4.74 Å². The standard InChI is InChI=1S/C12H18N2O/c1-10(11-4-7-15-8-5-11)14-12-3-2-6-13-9-12/h2-3,6,9-11,14H,4-5,7-8H2,1H3. The summed E-state index contributed by atoms with van der Waals surface area (Å²) in [5, 5.41) is 3.49. The van der Waals surface area contributed by atoms with E-state index < -0.39 is 0 Å². The van der Waals surface area contributed by atoms with E-state index in [1.807, 2.05) is 12.3 Å². The number of rotatable bonds is 3. The van der Waals surface area contributed by atoms with Crippen molar-refractivity contribution in [2.24, 2.45) is 5.92 Å². The molecule has 1 fully saturated rings. The molecule has 0 aromatic carbocycles. The highest BCUT2D eigenvalue weighted by molar-refractivity contribution is 5.40. The van der Waals surface area contributed by atoms with Crippen molar-refractivity contribution >= 4 is 5.69 Å². The molecule has 2 heterocycles. The summed E-state index contributed by atoms with van der Waals surface area (Å²) >= 11 is 0. The van der Waals surface area contributed by atoms with Crippen molar-refractivity contribution in [3.8, 4) is 0 Å². The van der Waals surface area contributed by atoms with Gasteiger partial charge in [-0.15, -0.1) is 0 Å². The molecule has 1 atom stereocenters. The van der Waals surface area contributed by atoms with Crippen molar-refractivity contribution in [3.63, 3.8) is 0 Å². The topological polar surface area (TPSA) is 34.2 Å². The van der Waals surface area contributed by atoms with Gasteiger partial charge in [0.25, 0.3) is 0 Å². The minimum Gasteiger partial charge on any atom is -0.381 e. The van der Waals surface area contributed by atoms with E-state index >= 15 is 0 Å². The number of aromatic nitrogens is 1. The van der Waals surface area contributed by atoms with Gasteiger partial charge in [-0.3, -0.25) is 4.98 Å². The lowest BCUT2D eigenvalue weighted by Crippen LogP contribution is -2.30. The van der Waals surface area contributed by atoms with Crippen molar-refractivity contribution in [2.45, 2.75) is 25.8 Å². The van der Waals surface area contributed by atoms with E-state index in [1.54, 1.807) is 6.20 Å². The first-order valence-corrected chi connectivity index (χ1v) is 5.60. The molecule has 0 saturated carbocycles. The monoisotopic (exact) mass is 206 g/mol. The highest BCUT2D eigenvalue weighted by atomic mass is 16.5. The number of pyridine rings is 1. The molecule has 1 unspecified atom stereocenters. The Morgan fingerprint density at radius 3 is 2.93 bits per heavy atom. The van der Waals surface area contributed by atoms with Gasteiger partial charge in [0.05, 0.1) is 5.69 Å². The fourth-order valence-electron chi connectivity index (χ4n) is 2.04. The van der Waals surface area contributed by atoms with Crippen molar-refractivity contribution in [3.05, 3.63) is 24.5 Å². The molecule has 1 aromatic heterocycles. The van der Waals surface area contributed by atoms with Crippen LogP contribution < -0.4 is 5.32 Å². The highest BCUT2D eigenvalue weighted by Crippen LogP contribution is 2.21. The zero-order valence-electron chi connectivity index (χ0n) is 9.15. The van der Waals surface area contributed by atoms with Crippen molar-refractivity contribution in [1.82, 2.24) is 4.98 Å². The van der Waals surface area contributed by atoms with Crippen LogP contribution in [0.4, 0.5) is 5.69 Å². The summed E-state index contributed by atoms with van der Waals surface area (Å²) in [6, 6.07) is 4.51. The first kappa shape index (κ1) is 10.4. The Hall–Kier alpha value is -1.09. The largest absolute Gasteiger partial charge is 0.381 e. The van der Waals surface area contributed by atoms with Gasteiger partial charge < -0.3 is 10.1 Å². The normalized spacial score (nSPS) is 19.8. The third-order valence-corrected chi connectivity index (χ3v) is 3.03. The fraction of sp³-hybridized carbons (Fsp3) is 0.583. The second kappa shape index (κ2) is 5.12. The summed E-state index contributed by atoms with van der Waals surface area (Å²) in [7, 11) is 0. The minimum atomic E-state index is 0.498. The summed E-state index contributed by atoms with van der Waals surface area (Å²) in [6.07, 6.45) is 5.99. The lowest BCUT2D eigenvalue weighted by molar-refractivity contribution is 0.0622. The maximum absolute atomic E-state index is 5.36. The maximum Gasteiger partial charge on any atom is 0.0528 e. The molecule has 0 amide bonds. The summed E-state index contributed by atoms with van der Waals surface area (Å²) in [5.74, 6) is 0.721. The fourth-order valence-corrected chi connectivity index (χ4v) is 2.04. The maximum atomic E-state index is 5.36. The molecular formula is C12H18N2O. The highest BCUT2D eigenvalue weighted by Gasteiger charge is 2.20. The average Bonchev–Trinajstić information content (AvgIpc) is 2.31. The van der Waals surface area contributed by atoms with E-state index in [0.717, 1.165) is 37.7 Å². The molecule has 1 aliphatic rings. The lowest BCUT2D eigenvalue weighted by atomic mass is 9.93. The summed E-state index contributed by atoms with van der Waals surface area (Å²) < 4.78 is 5.36. The van der Waals surface area contributed by atoms with E-state index in [9.17, 15) is 0 Å². The van der Waals surface area contributed by atoms with Gasteiger partial charge in [-0.2, -0.15) is 0 Å². The Kier molecular flexibility index (Phi) is 3.56. The molecule has 15 heavy (non-hydrogen) atoms. The Balaban J connectivity index is 1.88. The van der Waals surface area contributed by atoms with Gasteiger partial charge in [-0.05, 0) is 37.8 Å². The van der Waals surface area contributed by atoms with Gasteiger partial charge in [0.1, 0.15) is 0 Å². The van der Waals surface area contributed by atoms with Crippen LogP contribution in [0.5, 0.6) is 0 Å². The van der Waals surface area contributed by atoms with Crippen LogP contribution in [0, 0.1) is 5.92 Å². The van der Waals surface area contributed by atoms with Gasteiger partial charge in [0.15, 0.2) is 0 Å². The number of anilines is 1. The molecule has 1 aromatic rings. The van der Waals surface area contributed by atoms with Crippen LogP contribution in [0.3, 0.4) is 0 Å². The summed E-state index contributed by atoms with van der Waals surface area (Å²) in [6.45, 7) is 4.05. The van der Waals surface area contributed by atoms with Crippen molar-refractivity contribution in [1.29, 1.82) is 0 Å². The van der Waals surface area contributed by atoms with Crippen LogP contribution in [-0.4, -0.2) is 24.2 Å². The zero-order valence-corrected chi connectivity index (χ0v) is 9.15. The first-order chi connectivity index (χ1) is 7.36. The third-order valence-electron chi connectivity index (χ3n) is 3.03. The van der Waals surface area contributed by atoms with Crippen LogP contribution in [0.15, 0.2) is 24.5 Å². The molecule has 0 spiro atoms. The average molecular weight is 206 g/mol. The Bertz CT molecular complexity index is 283. The lowest BCUT2D eigenvalue weighted by Gasteiger charge is -2.28. The Morgan fingerprint density at radius 1 is 1.47 bits per heavy atom. The van der Waals surface area contributed by atoms with E-state index in [1.165, 1.54) is 0 Å². The summed E-state index contributed by atoms with van der Waals surface area (Å²) in [5.41, 5.74) is 1.11. The van der Waals surface area contributed by atoms with Gasteiger partial charge >= 0.3 is 0 Å². The van der Waals surface area contributed by atoms with Gasteiger partial charge in [-0.25, -0.2) is 0 Å². The van der Waals surface area contributed by atoms with Crippen molar-refractivity contribution in [2.75, 3.05) is 18.5 Å². The van der Waals surface area contributed by atoms with Gasteiger partial charge in [0, 0.05) is 31.6 Å². The molecule has 0 bridgehead atoms. The third kappa shape index (κ3) is 2.93. The van der Waals surface area contributed by atoms with E-state index in [4.69, 9.17) is 4.74 Å². The number of hydrogen-bond acceptors (Lipinski definition) is 3. The first-order valence-electron chi connectivity index (χ1n) is 5.60. The minimum absolute atomic E-state index is 0.498. The molecule has 82 valence electrons. The van der Waals surface area contributed by atoms with Crippen molar-refractivity contribution < 1.29 is 4.74 Å². The SMILES string of the molecule is CC(Nc1cccnc1)C1CCOCC1. The van der Waals surface area contributed by atoms with E-state index in [-0.39, 0.29) is 0 Å². The Labute approximate surface area is 90.9 Å². The smallest absolute Gasteiger partial charge is 0.0528 e. The second-order valence-corrected chi connectivity index (χ2v) is 4.12. The predicted molar refractivity (Wildman–Crippen MR) is 60.9 cm³/mol. The quantitative estimate of drug-likeness (QED) is 0.824. The van der Waals surface area contributed by atoms with Crippen LogP contribution >= 0.6 is 0 Å². The molecule has 1 N–H and O–H groups in total. The molecule has 0 aliphatic carbocycles. The Morgan fingerprint density at radius 2 is 2.27 bits per heavy atom. The zero-order chi connectivity index (χ0) is 10.5. The van der Waals surface area contributed by atoms with Crippen LogP contribution in [0.1, 0.15) is 19.8 Å². The van der Waals surface area contributed by atoms with Crippen LogP contribution in [0.2, 0.25) is 0 Å². The van der Waals surface area contributed by atoms with E-state index in [0.29, 0.717) is 6.04 Å². The second-order valence-electron chi connectivity index (χ2n) is 4.12. The molecule has 1 saturated heterocycles.